The van der Waals surface area contributed by atoms with Crippen LogP contribution >= 0.6 is 11.6 Å². The van der Waals surface area contributed by atoms with E-state index in [4.69, 9.17) is 17.3 Å². The van der Waals surface area contributed by atoms with Crippen molar-refractivity contribution in [3.63, 3.8) is 0 Å². The molecule has 1 aromatic rings. The van der Waals surface area contributed by atoms with Gasteiger partial charge < -0.3 is 5.73 Å². The van der Waals surface area contributed by atoms with Gasteiger partial charge in [0.15, 0.2) is 0 Å². The molecule has 60 valence electrons. The Morgan fingerprint density at radius 1 is 1.64 bits per heavy atom. The molecule has 0 amide bonds. The number of rotatable bonds is 2. The maximum Gasteiger partial charge on any atom is 0.139 e. The summed E-state index contributed by atoms with van der Waals surface area (Å²) in [4.78, 5) is 3.72. The lowest BCUT2D eigenvalue weighted by Gasteiger charge is -2.03. The minimum absolute atomic E-state index is 0.0245. The maximum atomic E-state index is 12.8. The van der Waals surface area contributed by atoms with Crippen molar-refractivity contribution in [3.8, 4) is 0 Å². The number of nitrogens with two attached hydrogens (primary N) is 1. The van der Waals surface area contributed by atoms with Crippen LogP contribution in [-0.4, -0.2) is 11.5 Å². The molecule has 0 aliphatic heterocycles. The van der Waals surface area contributed by atoms with Crippen molar-refractivity contribution in [1.82, 2.24) is 4.98 Å². The third-order valence-corrected chi connectivity index (χ3v) is 1.54. The second-order valence-electron chi connectivity index (χ2n) is 2.12. The zero-order valence-corrected chi connectivity index (χ0v) is 6.55. The first kappa shape index (κ1) is 8.43. The molecule has 2 N–H and O–H groups in total. The van der Waals surface area contributed by atoms with E-state index in [9.17, 15) is 4.39 Å². The molecule has 0 aromatic carbocycles. The van der Waals surface area contributed by atoms with Crippen molar-refractivity contribution in [2.75, 3.05) is 6.54 Å². The van der Waals surface area contributed by atoms with E-state index < -0.39 is 6.17 Å². The molecule has 0 aliphatic rings. The molecule has 0 spiro atoms. The van der Waals surface area contributed by atoms with Gasteiger partial charge in [0, 0.05) is 18.3 Å². The lowest BCUT2D eigenvalue weighted by atomic mass is 10.2. The summed E-state index contributed by atoms with van der Waals surface area (Å²) in [5, 5.41) is 0.359. The van der Waals surface area contributed by atoms with Crippen LogP contribution in [-0.2, 0) is 0 Å². The molecule has 2 nitrogen and oxygen atoms in total. The Morgan fingerprint density at radius 2 is 2.36 bits per heavy atom. The van der Waals surface area contributed by atoms with Crippen molar-refractivity contribution in [2.24, 2.45) is 5.73 Å². The van der Waals surface area contributed by atoms with E-state index in [2.05, 4.69) is 4.98 Å². The molecular formula is C7H8ClFN2. The molecule has 1 rings (SSSR count). The SMILES string of the molecule is NC[C@H](F)c1ccc(Cl)nc1. The minimum atomic E-state index is -1.14. The van der Waals surface area contributed by atoms with Gasteiger partial charge in [0.05, 0.1) is 0 Å². The van der Waals surface area contributed by atoms with Gasteiger partial charge in [0.25, 0.3) is 0 Å². The minimum Gasteiger partial charge on any atom is -0.327 e. The number of alkyl halides is 1. The fourth-order valence-electron chi connectivity index (χ4n) is 0.709. The molecule has 4 heteroatoms. The van der Waals surface area contributed by atoms with Crippen molar-refractivity contribution < 1.29 is 4.39 Å². The quantitative estimate of drug-likeness (QED) is 0.694. The molecule has 1 atom stereocenters. The Labute approximate surface area is 69.2 Å². The Balaban J connectivity index is 2.81. The van der Waals surface area contributed by atoms with E-state index in [1.807, 2.05) is 0 Å². The van der Waals surface area contributed by atoms with Gasteiger partial charge in [0.1, 0.15) is 11.3 Å². The molecule has 1 aromatic heterocycles. The average molecular weight is 175 g/mol. The summed E-state index contributed by atoms with van der Waals surface area (Å²) in [5.41, 5.74) is 5.58. The summed E-state index contributed by atoms with van der Waals surface area (Å²) in [6.07, 6.45) is 0.250. The van der Waals surface area contributed by atoms with Gasteiger partial charge in [-0.2, -0.15) is 0 Å². The number of aromatic nitrogens is 1. The second-order valence-corrected chi connectivity index (χ2v) is 2.50. The Kier molecular flexibility index (Phi) is 2.79. The third kappa shape index (κ3) is 2.13. The van der Waals surface area contributed by atoms with Crippen LogP contribution in [0.2, 0.25) is 5.15 Å². The van der Waals surface area contributed by atoms with Crippen LogP contribution in [0.3, 0.4) is 0 Å². The molecule has 0 fully saturated rings. The number of pyridine rings is 1. The Bertz CT molecular complexity index is 224. The summed E-state index contributed by atoms with van der Waals surface area (Å²) in [6.45, 7) is -0.0245. The third-order valence-electron chi connectivity index (χ3n) is 1.32. The van der Waals surface area contributed by atoms with Gasteiger partial charge >= 0.3 is 0 Å². The number of hydrogen-bond acceptors (Lipinski definition) is 2. The highest BCUT2D eigenvalue weighted by molar-refractivity contribution is 6.29. The molecule has 0 bridgehead atoms. The first-order valence-corrected chi connectivity index (χ1v) is 3.57. The zero-order valence-electron chi connectivity index (χ0n) is 5.80. The van der Waals surface area contributed by atoms with E-state index in [0.29, 0.717) is 10.7 Å². The summed E-state index contributed by atoms with van der Waals surface area (Å²) in [7, 11) is 0. The topological polar surface area (TPSA) is 38.9 Å². The molecule has 0 unspecified atom stereocenters. The van der Waals surface area contributed by atoms with Crippen molar-refractivity contribution >= 4 is 11.6 Å². The van der Waals surface area contributed by atoms with E-state index in [0.717, 1.165) is 0 Å². The predicted octanol–water partition coefficient (Wildman–Crippen LogP) is 1.70. The Hall–Kier alpha value is -0.670. The van der Waals surface area contributed by atoms with Gasteiger partial charge in [-0.3, -0.25) is 0 Å². The van der Waals surface area contributed by atoms with Crippen LogP contribution in [0.4, 0.5) is 4.39 Å². The van der Waals surface area contributed by atoms with Crippen molar-refractivity contribution in [1.29, 1.82) is 0 Å². The normalized spacial score (nSPS) is 13.0. The van der Waals surface area contributed by atoms with Gasteiger partial charge in [-0.25, -0.2) is 9.37 Å². The van der Waals surface area contributed by atoms with Crippen molar-refractivity contribution in [3.05, 3.63) is 29.0 Å². The maximum absolute atomic E-state index is 12.8. The van der Waals surface area contributed by atoms with E-state index in [1.165, 1.54) is 6.20 Å². The van der Waals surface area contributed by atoms with Gasteiger partial charge in [-0.1, -0.05) is 17.7 Å². The molecule has 1 heterocycles. The number of hydrogen-bond donors (Lipinski definition) is 1. The highest BCUT2D eigenvalue weighted by Gasteiger charge is 2.06. The summed E-state index contributed by atoms with van der Waals surface area (Å²) in [6, 6.07) is 3.12. The van der Waals surface area contributed by atoms with Crippen LogP contribution in [0, 0.1) is 0 Å². The van der Waals surface area contributed by atoms with Crippen LogP contribution in [0.15, 0.2) is 18.3 Å². The predicted molar refractivity (Wildman–Crippen MR) is 42.2 cm³/mol. The molecular weight excluding hydrogens is 167 g/mol. The van der Waals surface area contributed by atoms with Crippen LogP contribution in [0.25, 0.3) is 0 Å². The van der Waals surface area contributed by atoms with Crippen molar-refractivity contribution in [2.45, 2.75) is 6.17 Å². The molecule has 0 saturated carbocycles. The zero-order chi connectivity index (χ0) is 8.27. The molecule has 0 radical (unpaired) electrons. The van der Waals surface area contributed by atoms with E-state index in [-0.39, 0.29) is 6.54 Å². The number of halogens is 2. The largest absolute Gasteiger partial charge is 0.327 e. The van der Waals surface area contributed by atoms with Crippen LogP contribution < -0.4 is 5.73 Å². The van der Waals surface area contributed by atoms with Gasteiger partial charge in [0.2, 0.25) is 0 Å². The lowest BCUT2D eigenvalue weighted by Crippen LogP contribution is -2.07. The van der Waals surface area contributed by atoms with Crippen LogP contribution in [0.1, 0.15) is 11.7 Å². The monoisotopic (exact) mass is 174 g/mol. The van der Waals surface area contributed by atoms with Crippen LogP contribution in [0.5, 0.6) is 0 Å². The molecule has 0 saturated heterocycles. The van der Waals surface area contributed by atoms with Gasteiger partial charge in [-0.15, -0.1) is 0 Å². The summed E-state index contributed by atoms with van der Waals surface area (Å²) in [5.74, 6) is 0. The fraction of sp³-hybridized carbons (Fsp3) is 0.286. The smallest absolute Gasteiger partial charge is 0.139 e. The van der Waals surface area contributed by atoms with E-state index >= 15 is 0 Å². The standard InChI is InChI=1S/C7H8ClFN2/c8-7-2-1-5(4-11-7)6(9)3-10/h1-2,4,6H,3,10H2/t6-/m0/s1. The molecule has 0 aliphatic carbocycles. The second kappa shape index (κ2) is 3.64. The average Bonchev–Trinajstić information content (AvgIpc) is 2.05. The first-order valence-electron chi connectivity index (χ1n) is 3.19. The van der Waals surface area contributed by atoms with E-state index in [1.54, 1.807) is 12.1 Å². The summed E-state index contributed by atoms with van der Waals surface area (Å²) < 4.78 is 12.8. The highest BCUT2D eigenvalue weighted by Crippen LogP contribution is 2.15. The fourth-order valence-corrected chi connectivity index (χ4v) is 0.820. The highest BCUT2D eigenvalue weighted by atomic mass is 35.5. The molecule has 11 heavy (non-hydrogen) atoms. The lowest BCUT2D eigenvalue weighted by molar-refractivity contribution is 0.352. The summed E-state index contributed by atoms with van der Waals surface area (Å²) >= 11 is 5.49. The first-order chi connectivity index (χ1) is 5.24. The number of nitrogens with zero attached hydrogens (tertiary/aromatic N) is 1. The Morgan fingerprint density at radius 3 is 2.82 bits per heavy atom. The van der Waals surface area contributed by atoms with Gasteiger partial charge in [-0.05, 0) is 6.07 Å².